The van der Waals surface area contributed by atoms with Crippen LogP contribution in [-0.4, -0.2) is 46.6 Å². The van der Waals surface area contributed by atoms with E-state index < -0.39 is 33.8 Å². The first kappa shape index (κ1) is 14.8. The van der Waals surface area contributed by atoms with Gasteiger partial charge in [0, 0.05) is 19.7 Å². The molecule has 0 amide bonds. The number of nitro benzene ring substituents is 1. The molecular weight excluding hydrogens is 285 g/mol. The monoisotopic (exact) mass is 297 g/mol. The van der Waals surface area contributed by atoms with Gasteiger partial charge in [0.25, 0.3) is 11.6 Å². The Labute approximate surface area is 118 Å². The van der Waals surface area contributed by atoms with Crippen LogP contribution in [0.5, 0.6) is 0 Å². The van der Waals surface area contributed by atoms with Crippen LogP contribution in [0.2, 0.25) is 0 Å². The van der Waals surface area contributed by atoms with Crippen molar-refractivity contribution in [3.05, 3.63) is 33.6 Å². The first-order chi connectivity index (χ1) is 9.71. The molecule has 1 aromatic carbocycles. The quantitative estimate of drug-likeness (QED) is 0.338. The van der Waals surface area contributed by atoms with E-state index >= 15 is 0 Å². The van der Waals surface area contributed by atoms with Crippen molar-refractivity contribution in [2.45, 2.75) is 5.91 Å². The van der Waals surface area contributed by atoms with E-state index in [1.54, 1.807) is 0 Å². The topological polar surface area (TPSA) is 135 Å². The first-order valence-corrected chi connectivity index (χ1v) is 5.72. The molecule has 9 nitrogen and oxygen atoms in total. The van der Waals surface area contributed by atoms with Crippen LogP contribution in [0.3, 0.4) is 0 Å². The molecular formula is C11H12FN5O4. The highest BCUT2D eigenvalue weighted by molar-refractivity contribution is 6.52. The molecule has 0 aromatic heterocycles. The van der Waals surface area contributed by atoms with Gasteiger partial charge in [-0.05, 0) is 6.07 Å². The molecule has 1 heterocycles. The van der Waals surface area contributed by atoms with Gasteiger partial charge in [0.05, 0.1) is 16.7 Å². The summed E-state index contributed by atoms with van der Waals surface area (Å²) in [7, 11) is 2.54. The van der Waals surface area contributed by atoms with Crippen molar-refractivity contribution in [1.29, 1.82) is 5.41 Å². The van der Waals surface area contributed by atoms with Crippen molar-refractivity contribution in [3.8, 4) is 0 Å². The molecule has 112 valence electrons. The lowest BCUT2D eigenvalue weighted by molar-refractivity contribution is -0.384. The maximum Gasteiger partial charge on any atom is 0.297 e. The van der Waals surface area contributed by atoms with Gasteiger partial charge in [-0.3, -0.25) is 15.5 Å². The van der Waals surface area contributed by atoms with E-state index in [9.17, 15) is 24.7 Å². The minimum absolute atomic E-state index is 0.156. The van der Waals surface area contributed by atoms with Crippen molar-refractivity contribution in [3.63, 3.8) is 0 Å². The number of rotatable bonds is 2. The number of aliphatic hydroxyl groups is 2. The summed E-state index contributed by atoms with van der Waals surface area (Å²) in [6.45, 7) is 0. The van der Waals surface area contributed by atoms with E-state index in [1.165, 1.54) is 14.1 Å². The third-order valence-electron chi connectivity index (χ3n) is 3.10. The van der Waals surface area contributed by atoms with Gasteiger partial charge in [-0.1, -0.05) is 0 Å². The summed E-state index contributed by atoms with van der Waals surface area (Å²) in [5.41, 5.74) is 0.176. The van der Waals surface area contributed by atoms with Gasteiger partial charge in [-0.2, -0.15) is 5.10 Å². The van der Waals surface area contributed by atoms with Crippen molar-refractivity contribution in [2.24, 2.45) is 5.10 Å². The average Bonchev–Trinajstić information content (AvgIpc) is 2.40. The number of hydrogen-bond donors (Lipinski definition) is 4. The Bertz CT molecular complexity index is 673. The second-order valence-electron chi connectivity index (χ2n) is 4.33. The van der Waals surface area contributed by atoms with Crippen LogP contribution < -0.4 is 10.3 Å². The predicted molar refractivity (Wildman–Crippen MR) is 71.9 cm³/mol. The molecule has 0 saturated heterocycles. The van der Waals surface area contributed by atoms with E-state index in [-0.39, 0.29) is 11.3 Å². The lowest BCUT2D eigenvalue weighted by atomic mass is 9.94. The van der Waals surface area contributed by atoms with E-state index in [2.05, 4.69) is 10.5 Å². The lowest BCUT2D eigenvalue weighted by Gasteiger charge is -2.39. The summed E-state index contributed by atoms with van der Waals surface area (Å²) in [4.78, 5) is 10.9. The van der Waals surface area contributed by atoms with Gasteiger partial charge in [0.1, 0.15) is 11.5 Å². The van der Waals surface area contributed by atoms with Gasteiger partial charge < -0.3 is 20.5 Å². The minimum Gasteiger partial charge on any atom is -0.344 e. The van der Waals surface area contributed by atoms with Gasteiger partial charge in [0.15, 0.2) is 5.71 Å². The number of halogens is 1. The number of anilines is 1. The van der Waals surface area contributed by atoms with Gasteiger partial charge in [-0.25, -0.2) is 4.39 Å². The number of nitrogens with one attached hydrogen (secondary N) is 2. The fourth-order valence-electron chi connectivity index (χ4n) is 2.12. The van der Waals surface area contributed by atoms with Crippen LogP contribution in [0.4, 0.5) is 15.8 Å². The molecule has 0 fully saturated rings. The Hall–Kier alpha value is -2.59. The van der Waals surface area contributed by atoms with E-state index in [0.717, 1.165) is 11.0 Å². The smallest absolute Gasteiger partial charge is 0.297 e. The molecule has 10 heteroatoms. The zero-order chi connectivity index (χ0) is 15.9. The molecule has 0 aliphatic carbocycles. The van der Waals surface area contributed by atoms with Crippen LogP contribution in [0.15, 0.2) is 17.2 Å². The lowest BCUT2D eigenvalue weighted by Crippen LogP contribution is -2.59. The Morgan fingerprint density at radius 2 is 2.14 bits per heavy atom. The summed E-state index contributed by atoms with van der Waals surface area (Å²) in [5, 5.41) is 42.7. The standard InChI is InChI=1S/C11H12FN5O4/c1-14-15-10-8(13)6-3-5(12)4-7(17(20)21)9(6)16(2)11(10,18)19/h3-4,13-14,18-19H,1-2H3/b13-8?,15-10+. The third kappa shape index (κ3) is 2.10. The maximum atomic E-state index is 13.5. The number of nitrogens with zero attached hydrogens (tertiary/aromatic N) is 3. The van der Waals surface area contributed by atoms with Crippen molar-refractivity contribution in [1.82, 2.24) is 5.43 Å². The molecule has 1 aromatic rings. The molecule has 1 aliphatic rings. The average molecular weight is 297 g/mol. The highest BCUT2D eigenvalue weighted by atomic mass is 19.1. The molecule has 0 unspecified atom stereocenters. The zero-order valence-electron chi connectivity index (χ0n) is 11.1. The molecule has 1 aliphatic heterocycles. The number of fused-ring (bicyclic) bond motifs is 1. The van der Waals surface area contributed by atoms with E-state index in [1.807, 2.05) is 0 Å². The summed E-state index contributed by atoms with van der Waals surface area (Å²) < 4.78 is 13.5. The highest BCUT2D eigenvalue weighted by Gasteiger charge is 2.48. The Morgan fingerprint density at radius 3 is 2.67 bits per heavy atom. The molecule has 0 atom stereocenters. The Balaban J connectivity index is 2.82. The van der Waals surface area contributed by atoms with Crippen molar-refractivity contribution >= 4 is 22.8 Å². The Kier molecular flexibility index (Phi) is 3.35. The second-order valence-corrected chi connectivity index (χ2v) is 4.33. The van der Waals surface area contributed by atoms with E-state index in [4.69, 9.17) is 5.41 Å². The molecule has 0 spiro atoms. The fraction of sp³-hybridized carbons (Fsp3) is 0.273. The molecule has 0 bridgehead atoms. The molecule has 2 rings (SSSR count). The summed E-state index contributed by atoms with van der Waals surface area (Å²) in [5.74, 6) is -3.65. The molecule has 0 saturated carbocycles. The summed E-state index contributed by atoms with van der Waals surface area (Å²) in [6.07, 6.45) is 0. The highest BCUT2D eigenvalue weighted by Crippen LogP contribution is 2.39. The number of hydrogen-bond acceptors (Lipinski definition) is 8. The van der Waals surface area contributed by atoms with Crippen LogP contribution >= 0.6 is 0 Å². The molecule has 21 heavy (non-hydrogen) atoms. The largest absolute Gasteiger partial charge is 0.344 e. The normalized spacial score (nSPS) is 18.6. The summed E-state index contributed by atoms with van der Waals surface area (Å²) >= 11 is 0. The number of nitro groups is 1. The van der Waals surface area contributed by atoms with Crippen LogP contribution in [-0.2, 0) is 0 Å². The fourth-order valence-corrected chi connectivity index (χ4v) is 2.12. The van der Waals surface area contributed by atoms with Crippen LogP contribution in [0.1, 0.15) is 5.56 Å². The first-order valence-electron chi connectivity index (χ1n) is 5.72. The molecule has 4 N–H and O–H groups in total. The van der Waals surface area contributed by atoms with E-state index in [0.29, 0.717) is 6.07 Å². The predicted octanol–water partition coefficient (Wildman–Crippen LogP) is -0.235. The number of benzene rings is 1. The number of hydrazone groups is 1. The Morgan fingerprint density at radius 1 is 1.52 bits per heavy atom. The SMILES string of the molecule is CN/N=C1\C(=N)c2cc(F)cc([N+](=O)[O-])c2N(C)C1(O)O. The van der Waals surface area contributed by atoms with Crippen LogP contribution in [0, 0.1) is 21.3 Å². The van der Waals surface area contributed by atoms with Crippen molar-refractivity contribution < 1.29 is 19.5 Å². The summed E-state index contributed by atoms with van der Waals surface area (Å²) in [6, 6.07) is 1.56. The van der Waals surface area contributed by atoms with Crippen LogP contribution in [0.25, 0.3) is 0 Å². The molecule has 0 radical (unpaired) electrons. The zero-order valence-corrected chi connectivity index (χ0v) is 11.1. The van der Waals surface area contributed by atoms with Crippen molar-refractivity contribution in [2.75, 3.05) is 19.0 Å². The second kappa shape index (κ2) is 4.75. The van der Waals surface area contributed by atoms with Gasteiger partial charge in [0.2, 0.25) is 0 Å². The van der Waals surface area contributed by atoms with Gasteiger partial charge >= 0.3 is 0 Å². The van der Waals surface area contributed by atoms with Gasteiger partial charge in [-0.15, -0.1) is 0 Å². The third-order valence-corrected chi connectivity index (χ3v) is 3.10. The minimum atomic E-state index is -2.74. The maximum absolute atomic E-state index is 13.5.